The lowest BCUT2D eigenvalue weighted by Crippen LogP contribution is -2.49. The highest BCUT2D eigenvalue weighted by Crippen LogP contribution is 2.31. The van der Waals surface area contributed by atoms with Crippen molar-refractivity contribution in [3.63, 3.8) is 0 Å². The average Bonchev–Trinajstić information content (AvgIpc) is 3.28. The van der Waals surface area contributed by atoms with Crippen molar-refractivity contribution in [2.24, 2.45) is 0 Å². The van der Waals surface area contributed by atoms with Crippen LogP contribution in [0.2, 0.25) is 0 Å². The van der Waals surface area contributed by atoms with Gasteiger partial charge in [0, 0.05) is 42.3 Å². The molecule has 1 N–H and O–H groups in total. The highest BCUT2D eigenvalue weighted by atomic mass is 16.5. The third kappa shape index (κ3) is 4.25. The summed E-state index contributed by atoms with van der Waals surface area (Å²) in [4.78, 5) is 20.7. The Bertz CT molecular complexity index is 1170. The Morgan fingerprint density at radius 2 is 2.03 bits per heavy atom. The van der Waals surface area contributed by atoms with E-state index in [9.17, 15) is 4.79 Å². The molecule has 0 spiro atoms. The van der Waals surface area contributed by atoms with E-state index in [4.69, 9.17) is 10.00 Å². The number of carbonyl (C=O) groups excluding carboxylic acids is 1. The molecule has 0 bridgehead atoms. The minimum atomic E-state index is -0.306. The van der Waals surface area contributed by atoms with Gasteiger partial charge in [-0.25, -0.2) is 0 Å². The summed E-state index contributed by atoms with van der Waals surface area (Å²) >= 11 is 0. The van der Waals surface area contributed by atoms with Crippen LogP contribution >= 0.6 is 0 Å². The number of amides is 1. The van der Waals surface area contributed by atoms with Crippen LogP contribution in [0.5, 0.6) is 5.75 Å². The van der Waals surface area contributed by atoms with E-state index in [0.717, 1.165) is 18.5 Å². The Labute approximate surface area is 188 Å². The van der Waals surface area contributed by atoms with Crippen molar-refractivity contribution in [1.82, 2.24) is 9.88 Å². The molecule has 1 amide bonds. The quantitative estimate of drug-likeness (QED) is 0.597. The van der Waals surface area contributed by atoms with Gasteiger partial charge >= 0.3 is 0 Å². The fraction of sp³-hybridized carbons (Fsp3) is 0.308. The maximum Gasteiger partial charge on any atom is 0.244 e. The number of aromatic amines is 1. The lowest BCUT2D eigenvalue weighted by atomic mass is 9.98. The number of hydrogen-bond acceptors (Lipinski definition) is 4. The first-order valence-electron chi connectivity index (χ1n) is 10.9. The van der Waals surface area contributed by atoms with Crippen LogP contribution < -0.4 is 9.64 Å². The summed E-state index contributed by atoms with van der Waals surface area (Å²) in [7, 11) is 1.59. The van der Waals surface area contributed by atoms with Crippen LogP contribution in [0, 0.1) is 11.3 Å². The predicted octanol–water partition coefficient (Wildman–Crippen LogP) is 4.60. The average molecular weight is 429 g/mol. The normalized spacial score (nSPS) is 15.1. The van der Waals surface area contributed by atoms with E-state index < -0.39 is 0 Å². The molecule has 2 aromatic carbocycles. The lowest BCUT2D eigenvalue weighted by Gasteiger charge is -2.34. The van der Waals surface area contributed by atoms with Crippen LogP contribution in [0.1, 0.15) is 25.3 Å². The number of ether oxygens (including phenoxy) is 1. The smallest absolute Gasteiger partial charge is 0.244 e. The molecule has 0 aliphatic carbocycles. The molecule has 0 unspecified atom stereocenters. The summed E-state index contributed by atoms with van der Waals surface area (Å²) in [6.07, 6.45) is 5.45. The molecule has 1 atom stereocenters. The highest BCUT2D eigenvalue weighted by Gasteiger charge is 2.29. The van der Waals surface area contributed by atoms with Crippen LogP contribution in [0.15, 0.2) is 60.8 Å². The van der Waals surface area contributed by atoms with Gasteiger partial charge in [0.25, 0.3) is 0 Å². The standard InChI is InChI=1S/C26H28N4O2/c1-19(26(31)30(15-7-14-27)24-10-5-6-11-25(24)32-2)29-16-12-20(13-17-29)22-18-28-23-9-4-3-8-21(22)23/h3-6,8-12,18-19,28H,7,13,15-17H2,1-2H3/t19-/m1/s1. The van der Waals surface area contributed by atoms with E-state index in [2.05, 4.69) is 46.4 Å². The molecule has 6 heteroatoms. The van der Waals surface area contributed by atoms with Gasteiger partial charge in [-0.15, -0.1) is 0 Å². The zero-order valence-corrected chi connectivity index (χ0v) is 18.5. The van der Waals surface area contributed by atoms with Gasteiger partial charge in [-0.05, 0) is 37.1 Å². The molecule has 3 aromatic rings. The molecule has 0 saturated carbocycles. The molecule has 2 heterocycles. The van der Waals surface area contributed by atoms with Crippen molar-refractivity contribution in [2.75, 3.05) is 31.6 Å². The zero-order chi connectivity index (χ0) is 22.5. The van der Waals surface area contributed by atoms with Crippen LogP contribution in [0.25, 0.3) is 16.5 Å². The molecule has 6 nitrogen and oxygen atoms in total. The van der Waals surface area contributed by atoms with Gasteiger partial charge in [0.15, 0.2) is 0 Å². The van der Waals surface area contributed by atoms with Crippen molar-refractivity contribution in [2.45, 2.75) is 25.8 Å². The molecule has 1 aliphatic heterocycles. The van der Waals surface area contributed by atoms with Crippen molar-refractivity contribution >= 4 is 28.1 Å². The van der Waals surface area contributed by atoms with Gasteiger partial charge in [0.05, 0.1) is 31.3 Å². The summed E-state index contributed by atoms with van der Waals surface area (Å²) in [5.41, 5.74) is 4.39. The third-order valence-corrected chi connectivity index (χ3v) is 6.17. The number of aromatic nitrogens is 1. The van der Waals surface area contributed by atoms with Gasteiger partial charge in [0.1, 0.15) is 5.75 Å². The number of anilines is 1. The largest absolute Gasteiger partial charge is 0.495 e. The summed E-state index contributed by atoms with van der Waals surface area (Å²) in [6.45, 7) is 3.79. The number of nitrogens with zero attached hydrogens (tertiary/aromatic N) is 3. The lowest BCUT2D eigenvalue weighted by molar-refractivity contribution is -0.123. The van der Waals surface area contributed by atoms with Gasteiger partial charge in [-0.3, -0.25) is 9.69 Å². The van der Waals surface area contributed by atoms with Crippen LogP contribution in [0.3, 0.4) is 0 Å². The molecule has 1 aliphatic rings. The summed E-state index contributed by atoms with van der Waals surface area (Å²) in [6, 6.07) is 17.6. The number of nitrogens with one attached hydrogen (secondary N) is 1. The number of fused-ring (bicyclic) bond motifs is 1. The number of H-pyrrole nitrogens is 1. The van der Waals surface area contributed by atoms with Gasteiger partial charge in [0.2, 0.25) is 5.91 Å². The van der Waals surface area contributed by atoms with Crippen molar-refractivity contribution in [3.05, 3.63) is 66.4 Å². The van der Waals surface area contributed by atoms with E-state index in [0.29, 0.717) is 24.5 Å². The van der Waals surface area contributed by atoms with Gasteiger partial charge < -0.3 is 14.6 Å². The maximum atomic E-state index is 13.5. The minimum Gasteiger partial charge on any atom is -0.495 e. The van der Waals surface area contributed by atoms with Gasteiger partial charge in [-0.1, -0.05) is 36.4 Å². The van der Waals surface area contributed by atoms with Crippen LogP contribution in [-0.4, -0.2) is 48.6 Å². The fourth-order valence-electron chi connectivity index (χ4n) is 4.36. The Balaban J connectivity index is 1.52. The monoisotopic (exact) mass is 428 g/mol. The molecule has 0 saturated heterocycles. The molecular weight excluding hydrogens is 400 g/mol. The maximum absolute atomic E-state index is 13.5. The number of methoxy groups -OCH3 is 1. The van der Waals surface area contributed by atoms with Crippen LogP contribution in [0.4, 0.5) is 5.69 Å². The minimum absolute atomic E-state index is 0.0197. The Kier molecular flexibility index (Phi) is 6.58. The second-order valence-electron chi connectivity index (χ2n) is 7.97. The number of rotatable bonds is 7. The van der Waals surface area contributed by atoms with E-state index in [-0.39, 0.29) is 18.4 Å². The molecular formula is C26H28N4O2. The Morgan fingerprint density at radius 3 is 2.78 bits per heavy atom. The van der Waals surface area contributed by atoms with Gasteiger partial charge in [-0.2, -0.15) is 5.26 Å². The molecule has 4 rings (SSSR count). The highest BCUT2D eigenvalue weighted by molar-refractivity contribution is 5.98. The predicted molar refractivity (Wildman–Crippen MR) is 128 cm³/mol. The topological polar surface area (TPSA) is 72.4 Å². The molecule has 164 valence electrons. The van der Waals surface area contributed by atoms with E-state index in [1.165, 1.54) is 16.5 Å². The fourth-order valence-corrected chi connectivity index (χ4v) is 4.36. The molecule has 1 aromatic heterocycles. The van der Waals surface area contributed by atoms with Crippen molar-refractivity contribution in [3.8, 4) is 11.8 Å². The molecule has 0 radical (unpaired) electrons. The number of nitriles is 1. The first-order chi connectivity index (χ1) is 15.6. The molecule has 32 heavy (non-hydrogen) atoms. The second kappa shape index (κ2) is 9.71. The molecule has 0 fully saturated rings. The van der Waals surface area contributed by atoms with Crippen molar-refractivity contribution < 1.29 is 9.53 Å². The van der Waals surface area contributed by atoms with Crippen molar-refractivity contribution in [1.29, 1.82) is 5.26 Å². The van der Waals surface area contributed by atoms with E-state index >= 15 is 0 Å². The SMILES string of the molecule is COc1ccccc1N(CCC#N)C(=O)[C@@H](C)N1CC=C(c2c[nH]c3ccccc23)CC1. The number of benzene rings is 2. The summed E-state index contributed by atoms with van der Waals surface area (Å²) in [5.74, 6) is 0.611. The zero-order valence-electron chi connectivity index (χ0n) is 18.5. The first kappa shape index (κ1) is 21.7. The third-order valence-electron chi connectivity index (χ3n) is 6.17. The Morgan fingerprint density at radius 1 is 1.25 bits per heavy atom. The van der Waals surface area contributed by atoms with Crippen LogP contribution in [-0.2, 0) is 4.79 Å². The first-order valence-corrected chi connectivity index (χ1v) is 10.9. The second-order valence-corrected chi connectivity index (χ2v) is 7.97. The number of carbonyl (C=O) groups is 1. The summed E-state index contributed by atoms with van der Waals surface area (Å²) in [5, 5.41) is 10.3. The number of hydrogen-bond donors (Lipinski definition) is 1. The number of para-hydroxylation sites is 3. The van der Waals surface area contributed by atoms with E-state index in [1.807, 2.05) is 37.3 Å². The van der Waals surface area contributed by atoms with E-state index in [1.54, 1.807) is 12.0 Å². The summed E-state index contributed by atoms with van der Waals surface area (Å²) < 4.78 is 5.47. The Hall–Kier alpha value is -3.56.